The number of benzene rings is 2. The highest BCUT2D eigenvalue weighted by Gasteiger charge is 2.40. The standard InChI is InChI=1S/C17H13NO4/c19-15(20)10-14(11-6-2-1-3-7-11)18-16(21)12-8-4-5-9-13(12)17(18)22/h1-9,14H,10H2,(H,19,20)/p-1. The second kappa shape index (κ2) is 5.44. The van der Waals surface area contributed by atoms with Gasteiger partial charge >= 0.3 is 0 Å². The molecule has 5 heteroatoms. The lowest BCUT2D eigenvalue weighted by molar-refractivity contribution is -0.306. The fourth-order valence-corrected chi connectivity index (χ4v) is 2.68. The molecule has 0 fully saturated rings. The molecular formula is C17H12NO4-. The molecule has 2 aromatic carbocycles. The Morgan fingerprint density at radius 2 is 1.41 bits per heavy atom. The van der Waals surface area contributed by atoms with Gasteiger partial charge in [-0.15, -0.1) is 0 Å². The molecule has 0 bridgehead atoms. The quantitative estimate of drug-likeness (QED) is 0.793. The number of carbonyl (C=O) groups excluding carboxylic acids is 3. The lowest BCUT2D eigenvalue weighted by Gasteiger charge is -2.27. The molecular weight excluding hydrogens is 282 g/mol. The summed E-state index contributed by atoms with van der Waals surface area (Å²) in [5.74, 6) is -2.27. The molecule has 0 spiro atoms. The number of carboxylic acids is 1. The van der Waals surface area contributed by atoms with E-state index in [2.05, 4.69) is 0 Å². The molecule has 1 unspecified atom stereocenters. The van der Waals surface area contributed by atoms with E-state index < -0.39 is 30.2 Å². The number of carboxylic acid groups (broad SMARTS) is 1. The predicted octanol–water partition coefficient (Wildman–Crippen LogP) is 1.16. The van der Waals surface area contributed by atoms with Gasteiger partial charge in [0.25, 0.3) is 11.8 Å². The van der Waals surface area contributed by atoms with Crippen LogP contribution in [-0.4, -0.2) is 22.7 Å². The number of rotatable bonds is 4. The van der Waals surface area contributed by atoms with Crippen molar-refractivity contribution in [2.45, 2.75) is 12.5 Å². The van der Waals surface area contributed by atoms with E-state index in [0.29, 0.717) is 16.7 Å². The first kappa shape index (κ1) is 14.0. The SMILES string of the molecule is O=C([O-])CC(c1ccccc1)N1C(=O)c2ccccc2C1=O. The van der Waals surface area contributed by atoms with Crippen molar-refractivity contribution in [1.29, 1.82) is 0 Å². The van der Waals surface area contributed by atoms with Crippen LogP contribution < -0.4 is 5.11 Å². The third-order valence-electron chi connectivity index (χ3n) is 3.68. The number of imide groups is 1. The Kier molecular flexibility index (Phi) is 3.47. The van der Waals surface area contributed by atoms with Gasteiger partial charge in [-0.25, -0.2) is 0 Å². The maximum Gasteiger partial charge on any atom is 0.262 e. The number of hydrogen-bond donors (Lipinski definition) is 0. The number of amides is 2. The molecule has 2 amide bonds. The van der Waals surface area contributed by atoms with E-state index in [1.165, 1.54) is 0 Å². The number of fused-ring (bicyclic) bond motifs is 1. The Morgan fingerprint density at radius 1 is 0.909 bits per heavy atom. The average Bonchev–Trinajstić information content (AvgIpc) is 2.78. The number of hydrogen-bond acceptors (Lipinski definition) is 4. The molecule has 0 saturated heterocycles. The smallest absolute Gasteiger partial charge is 0.262 e. The monoisotopic (exact) mass is 294 g/mol. The first-order valence-corrected chi connectivity index (χ1v) is 6.81. The van der Waals surface area contributed by atoms with Gasteiger partial charge in [0.1, 0.15) is 0 Å². The molecule has 1 aliphatic heterocycles. The molecule has 3 rings (SSSR count). The Hall–Kier alpha value is -2.95. The maximum absolute atomic E-state index is 12.5. The van der Waals surface area contributed by atoms with E-state index in [9.17, 15) is 19.5 Å². The van der Waals surface area contributed by atoms with Crippen LogP contribution in [0.2, 0.25) is 0 Å². The number of aliphatic carboxylic acids is 1. The van der Waals surface area contributed by atoms with Crippen LogP contribution in [0, 0.1) is 0 Å². The summed E-state index contributed by atoms with van der Waals surface area (Å²) < 4.78 is 0. The van der Waals surface area contributed by atoms with Gasteiger partial charge in [0, 0.05) is 12.4 Å². The van der Waals surface area contributed by atoms with Crippen LogP contribution in [0.25, 0.3) is 0 Å². The second-order valence-electron chi connectivity index (χ2n) is 5.03. The summed E-state index contributed by atoms with van der Waals surface area (Å²) in [6.45, 7) is 0. The minimum atomic E-state index is -1.31. The van der Waals surface area contributed by atoms with Gasteiger partial charge in [-0.2, -0.15) is 0 Å². The van der Waals surface area contributed by atoms with E-state index in [-0.39, 0.29) is 0 Å². The van der Waals surface area contributed by atoms with Crippen LogP contribution in [-0.2, 0) is 4.79 Å². The first-order chi connectivity index (χ1) is 10.6. The van der Waals surface area contributed by atoms with E-state index in [1.807, 2.05) is 0 Å². The Morgan fingerprint density at radius 3 is 1.91 bits per heavy atom. The Bertz CT molecular complexity index is 719. The van der Waals surface area contributed by atoms with Gasteiger partial charge in [0.05, 0.1) is 17.2 Å². The Balaban J connectivity index is 2.05. The number of nitrogens with zero attached hydrogens (tertiary/aromatic N) is 1. The second-order valence-corrected chi connectivity index (χ2v) is 5.03. The highest BCUT2D eigenvalue weighted by molar-refractivity contribution is 6.21. The fraction of sp³-hybridized carbons (Fsp3) is 0.118. The lowest BCUT2D eigenvalue weighted by Crippen LogP contribution is -2.38. The van der Waals surface area contributed by atoms with Crippen LogP contribution in [0.15, 0.2) is 54.6 Å². The molecule has 110 valence electrons. The van der Waals surface area contributed by atoms with E-state index in [0.717, 1.165) is 4.90 Å². The minimum Gasteiger partial charge on any atom is -0.550 e. The zero-order chi connectivity index (χ0) is 15.7. The van der Waals surface area contributed by atoms with Crippen molar-refractivity contribution in [1.82, 2.24) is 4.90 Å². The topological polar surface area (TPSA) is 77.5 Å². The van der Waals surface area contributed by atoms with Crippen molar-refractivity contribution in [2.24, 2.45) is 0 Å². The van der Waals surface area contributed by atoms with E-state index in [1.54, 1.807) is 54.6 Å². The maximum atomic E-state index is 12.5. The summed E-state index contributed by atoms with van der Waals surface area (Å²) in [5.41, 5.74) is 1.18. The summed E-state index contributed by atoms with van der Waals surface area (Å²) in [6, 6.07) is 14.2. The molecule has 2 aromatic rings. The largest absolute Gasteiger partial charge is 0.550 e. The van der Waals surface area contributed by atoms with Crippen LogP contribution in [0.4, 0.5) is 0 Å². The summed E-state index contributed by atoms with van der Waals surface area (Å²) >= 11 is 0. The summed E-state index contributed by atoms with van der Waals surface area (Å²) in [6.07, 6.45) is -0.435. The lowest BCUT2D eigenvalue weighted by atomic mass is 10.0. The van der Waals surface area contributed by atoms with Gasteiger partial charge in [-0.3, -0.25) is 14.5 Å². The van der Waals surface area contributed by atoms with Gasteiger partial charge in [-0.05, 0) is 17.7 Å². The summed E-state index contributed by atoms with van der Waals surface area (Å²) in [7, 11) is 0. The minimum absolute atomic E-state index is 0.298. The van der Waals surface area contributed by atoms with Crippen LogP contribution in [0.3, 0.4) is 0 Å². The molecule has 0 N–H and O–H groups in total. The van der Waals surface area contributed by atoms with Crippen molar-refractivity contribution in [3.63, 3.8) is 0 Å². The van der Waals surface area contributed by atoms with Crippen molar-refractivity contribution in [3.05, 3.63) is 71.3 Å². The predicted molar refractivity (Wildman–Crippen MR) is 75.7 cm³/mol. The highest BCUT2D eigenvalue weighted by atomic mass is 16.4. The zero-order valence-electron chi connectivity index (χ0n) is 11.6. The van der Waals surface area contributed by atoms with Crippen LogP contribution in [0.1, 0.15) is 38.7 Å². The molecule has 1 heterocycles. The molecule has 0 aliphatic carbocycles. The average molecular weight is 294 g/mol. The summed E-state index contributed by atoms with van der Waals surface area (Å²) in [5, 5.41) is 11.1. The van der Waals surface area contributed by atoms with Gasteiger partial charge in [-0.1, -0.05) is 42.5 Å². The van der Waals surface area contributed by atoms with Crippen LogP contribution in [0.5, 0.6) is 0 Å². The summed E-state index contributed by atoms with van der Waals surface area (Å²) in [4.78, 5) is 37.1. The third kappa shape index (κ3) is 2.26. The molecule has 22 heavy (non-hydrogen) atoms. The van der Waals surface area contributed by atoms with Crippen molar-refractivity contribution < 1.29 is 19.5 Å². The molecule has 0 aromatic heterocycles. The van der Waals surface area contributed by atoms with Crippen molar-refractivity contribution >= 4 is 17.8 Å². The normalized spacial score (nSPS) is 14.8. The highest BCUT2D eigenvalue weighted by Crippen LogP contribution is 2.33. The van der Waals surface area contributed by atoms with Gasteiger partial charge in [0.15, 0.2) is 0 Å². The molecule has 0 radical (unpaired) electrons. The molecule has 1 atom stereocenters. The van der Waals surface area contributed by atoms with Crippen molar-refractivity contribution in [3.8, 4) is 0 Å². The molecule has 1 aliphatic rings. The molecule has 0 saturated carbocycles. The van der Waals surface area contributed by atoms with E-state index >= 15 is 0 Å². The third-order valence-corrected chi connectivity index (χ3v) is 3.68. The van der Waals surface area contributed by atoms with Gasteiger partial charge < -0.3 is 9.90 Å². The first-order valence-electron chi connectivity index (χ1n) is 6.81. The number of carbonyl (C=O) groups is 3. The Labute approximate surface area is 126 Å². The van der Waals surface area contributed by atoms with Crippen molar-refractivity contribution in [2.75, 3.05) is 0 Å². The van der Waals surface area contributed by atoms with Crippen LogP contribution >= 0.6 is 0 Å². The zero-order valence-corrected chi connectivity index (χ0v) is 11.6. The molecule has 5 nitrogen and oxygen atoms in total. The van der Waals surface area contributed by atoms with E-state index in [4.69, 9.17) is 0 Å². The van der Waals surface area contributed by atoms with Gasteiger partial charge in [0.2, 0.25) is 0 Å². The fourth-order valence-electron chi connectivity index (χ4n) is 2.68.